The van der Waals surface area contributed by atoms with Crippen molar-refractivity contribution in [1.82, 2.24) is 0 Å². The molecule has 0 aromatic heterocycles. The highest BCUT2D eigenvalue weighted by atomic mass is 32.2. The van der Waals surface area contributed by atoms with Crippen LogP contribution in [-0.2, 0) is 19.1 Å². The summed E-state index contributed by atoms with van der Waals surface area (Å²) < 4.78 is 10.4. The molecule has 5 nitrogen and oxygen atoms in total. The summed E-state index contributed by atoms with van der Waals surface area (Å²) in [6.45, 7) is 7.60. The first-order valence-corrected chi connectivity index (χ1v) is 12.9. The first-order valence-electron chi connectivity index (χ1n) is 11.9. The number of methoxy groups -OCH3 is 1. The Morgan fingerprint density at radius 3 is 2.70 bits per heavy atom. The van der Waals surface area contributed by atoms with Gasteiger partial charge in [-0.3, -0.25) is 9.59 Å². The average Bonchev–Trinajstić information content (AvgIpc) is 3.18. The number of hydrogen-bond donors (Lipinski definition) is 1. The summed E-state index contributed by atoms with van der Waals surface area (Å²) in [7, 11) is 1.41. The molecule has 1 aliphatic carbocycles. The maximum atomic E-state index is 12.1. The smallest absolute Gasteiger partial charge is 0.310 e. The molecule has 1 N–H and O–H groups in total. The quantitative estimate of drug-likeness (QED) is 0.120. The van der Waals surface area contributed by atoms with Gasteiger partial charge in [-0.05, 0) is 43.9 Å². The number of carbonyl (C=O) groups excluding carboxylic acids is 2. The highest BCUT2D eigenvalue weighted by Crippen LogP contribution is 2.41. The van der Waals surface area contributed by atoms with Gasteiger partial charge in [-0.2, -0.15) is 0 Å². The SMILES string of the molecule is C=C/C=C\C(=C/C)CC(O)/C=C/C1CCC(OC(=O)CCC)=C1SCCCCCC(=O)OC. The van der Waals surface area contributed by atoms with Gasteiger partial charge in [0.2, 0.25) is 0 Å². The molecular weight excluding hydrogens is 436 g/mol. The Balaban J connectivity index is 2.74. The Morgan fingerprint density at radius 1 is 1.24 bits per heavy atom. The zero-order valence-corrected chi connectivity index (χ0v) is 21.2. The fraction of sp³-hybridized carbons (Fsp3) is 0.556. The molecule has 0 saturated heterocycles. The highest BCUT2D eigenvalue weighted by Gasteiger charge is 2.27. The molecule has 184 valence electrons. The summed E-state index contributed by atoms with van der Waals surface area (Å²) >= 11 is 1.73. The normalized spacial score (nSPS) is 17.7. The van der Waals surface area contributed by atoms with Crippen molar-refractivity contribution in [3.05, 3.63) is 59.3 Å². The monoisotopic (exact) mass is 476 g/mol. The number of rotatable bonds is 16. The molecule has 0 aliphatic heterocycles. The van der Waals surface area contributed by atoms with E-state index in [1.165, 1.54) is 7.11 Å². The summed E-state index contributed by atoms with van der Waals surface area (Å²) in [5.41, 5.74) is 1.05. The fourth-order valence-corrected chi connectivity index (χ4v) is 4.77. The Morgan fingerprint density at radius 2 is 2.03 bits per heavy atom. The number of thioether (sulfide) groups is 1. The zero-order valence-electron chi connectivity index (χ0n) is 20.4. The first-order chi connectivity index (χ1) is 15.9. The van der Waals surface area contributed by atoms with E-state index in [4.69, 9.17) is 4.74 Å². The van der Waals surface area contributed by atoms with Gasteiger partial charge in [-0.1, -0.05) is 56.4 Å². The van der Waals surface area contributed by atoms with Crippen LogP contribution in [0.1, 0.15) is 71.6 Å². The number of aliphatic hydroxyl groups is 1. The lowest BCUT2D eigenvalue weighted by Gasteiger charge is -2.13. The summed E-state index contributed by atoms with van der Waals surface area (Å²) in [6.07, 6.45) is 17.3. The van der Waals surface area contributed by atoms with E-state index in [0.717, 1.165) is 60.5 Å². The number of aliphatic hydroxyl groups excluding tert-OH is 1. The third-order valence-electron chi connectivity index (χ3n) is 5.32. The van der Waals surface area contributed by atoms with Crippen molar-refractivity contribution < 1.29 is 24.2 Å². The molecule has 0 saturated carbocycles. The lowest BCUT2D eigenvalue weighted by atomic mass is 10.0. The van der Waals surface area contributed by atoms with Crippen LogP contribution >= 0.6 is 11.8 Å². The van der Waals surface area contributed by atoms with Gasteiger partial charge in [0.05, 0.1) is 13.2 Å². The van der Waals surface area contributed by atoms with E-state index in [0.29, 0.717) is 19.3 Å². The number of carbonyl (C=O) groups is 2. The van der Waals surface area contributed by atoms with Gasteiger partial charge >= 0.3 is 11.9 Å². The van der Waals surface area contributed by atoms with Gasteiger partial charge in [0.15, 0.2) is 0 Å². The van der Waals surface area contributed by atoms with Gasteiger partial charge in [0, 0.05) is 36.5 Å². The molecule has 6 heteroatoms. The number of unbranched alkanes of at least 4 members (excludes halogenated alkanes) is 2. The van der Waals surface area contributed by atoms with Crippen LogP contribution in [0.4, 0.5) is 0 Å². The van der Waals surface area contributed by atoms with Gasteiger partial charge in [0.1, 0.15) is 5.76 Å². The largest absolute Gasteiger partial charge is 0.469 e. The first kappa shape index (κ1) is 29.0. The van der Waals surface area contributed by atoms with E-state index in [9.17, 15) is 14.7 Å². The Hall–Kier alpha value is -2.05. The average molecular weight is 477 g/mol. The molecule has 2 atom stereocenters. The molecule has 0 bridgehead atoms. The summed E-state index contributed by atoms with van der Waals surface area (Å²) in [4.78, 5) is 24.4. The molecule has 0 aromatic rings. The standard InChI is InChI=1S/C27H40O5S/c1-5-8-13-21(7-3)20-23(28)17-15-22-16-18-24(32-26(30)12-6-2)27(22)33-19-11-9-10-14-25(29)31-4/h5,7-8,13,15,17,22-23,28H,1,6,9-12,14,16,18-20H2,2-4H3/b13-8-,17-15+,21-7+. The van der Waals surface area contributed by atoms with Crippen LogP contribution in [0, 0.1) is 5.92 Å². The predicted octanol–water partition coefficient (Wildman–Crippen LogP) is 6.41. The van der Waals surface area contributed by atoms with Crippen molar-refractivity contribution in [1.29, 1.82) is 0 Å². The van der Waals surface area contributed by atoms with Crippen molar-refractivity contribution in [2.45, 2.75) is 77.7 Å². The molecule has 0 aromatic carbocycles. The van der Waals surface area contributed by atoms with E-state index >= 15 is 0 Å². The second-order valence-electron chi connectivity index (χ2n) is 8.01. The van der Waals surface area contributed by atoms with E-state index in [1.807, 2.05) is 38.2 Å². The van der Waals surface area contributed by atoms with E-state index in [2.05, 4.69) is 17.4 Å². The lowest BCUT2D eigenvalue weighted by molar-refractivity contribution is -0.141. The minimum atomic E-state index is -0.582. The number of esters is 2. The topological polar surface area (TPSA) is 72.8 Å². The second-order valence-corrected chi connectivity index (χ2v) is 9.14. The maximum Gasteiger partial charge on any atom is 0.310 e. The molecule has 0 fully saturated rings. The summed E-state index contributed by atoms with van der Waals surface area (Å²) in [5, 5.41) is 10.5. The molecule has 0 radical (unpaired) electrons. The third kappa shape index (κ3) is 12.1. The second kappa shape index (κ2) is 17.4. The van der Waals surface area contributed by atoms with E-state index in [1.54, 1.807) is 17.8 Å². The van der Waals surface area contributed by atoms with Crippen molar-refractivity contribution in [3.8, 4) is 0 Å². The molecule has 0 heterocycles. The Labute approximate surface area is 203 Å². The molecule has 0 amide bonds. The molecule has 1 aliphatic rings. The van der Waals surface area contributed by atoms with Gasteiger partial charge in [-0.15, -0.1) is 11.8 Å². The lowest BCUT2D eigenvalue weighted by Crippen LogP contribution is -2.05. The van der Waals surface area contributed by atoms with Crippen LogP contribution in [0.3, 0.4) is 0 Å². The highest BCUT2D eigenvalue weighted by molar-refractivity contribution is 8.03. The van der Waals surface area contributed by atoms with Crippen LogP contribution in [-0.4, -0.2) is 36.0 Å². The van der Waals surface area contributed by atoms with Crippen molar-refractivity contribution in [2.75, 3.05) is 12.9 Å². The minimum absolute atomic E-state index is 0.141. The molecule has 2 unspecified atom stereocenters. The van der Waals surface area contributed by atoms with Gasteiger partial charge < -0.3 is 14.6 Å². The van der Waals surface area contributed by atoms with Crippen LogP contribution in [0.15, 0.2) is 59.3 Å². The Bertz CT molecular complexity index is 748. The fourth-order valence-electron chi connectivity index (χ4n) is 3.49. The van der Waals surface area contributed by atoms with Gasteiger partial charge in [0.25, 0.3) is 0 Å². The van der Waals surface area contributed by atoms with Crippen LogP contribution in [0.25, 0.3) is 0 Å². The summed E-state index contributed by atoms with van der Waals surface area (Å²) in [5.74, 6) is 1.46. The van der Waals surface area contributed by atoms with E-state index in [-0.39, 0.29) is 17.9 Å². The van der Waals surface area contributed by atoms with Crippen LogP contribution in [0.2, 0.25) is 0 Å². The van der Waals surface area contributed by atoms with Crippen molar-refractivity contribution in [2.24, 2.45) is 5.92 Å². The van der Waals surface area contributed by atoms with Crippen LogP contribution < -0.4 is 0 Å². The van der Waals surface area contributed by atoms with Crippen molar-refractivity contribution >= 4 is 23.7 Å². The minimum Gasteiger partial charge on any atom is -0.469 e. The number of allylic oxidation sites excluding steroid dienone is 7. The molecule has 33 heavy (non-hydrogen) atoms. The summed E-state index contributed by atoms with van der Waals surface area (Å²) in [6, 6.07) is 0. The predicted molar refractivity (Wildman–Crippen MR) is 137 cm³/mol. The number of ether oxygens (including phenoxy) is 2. The van der Waals surface area contributed by atoms with Gasteiger partial charge in [-0.25, -0.2) is 0 Å². The Kier molecular flexibility index (Phi) is 15.3. The zero-order chi connectivity index (χ0) is 24.5. The van der Waals surface area contributed by atoms with Crippen molar-refractivity contribution in [3.63, 3.8) is 0 Å². The number of hydrogen-bond acceptors (Lipinski definition) is 6. The van der Waals surface area contributed by atoms with E-state index < -0.39 is 6.10 Å². The third-order valence-corrected chi connectivity index (χ3v) is 6.66. The maximum absolute atomic E-state index is 12.1. The molecule has 0 spiro atoms. The van der Waals surface area contributed by atoms with Crippen LogP contribution in [0.5, 0.6) is 0 Å². The molecular formula is C27H40O5S. The molecule has 1 rings (SSSR count).